The second-order valence-corrected chi connectivity index (χ2v) is 6.17. The van der Waals surface area contributed by atoms with Crippen molar-refractivity contribution in [2.75, 3.05) is 0 Å². The number of nitrogens with zero attached hydrogens (tertiary/aromatic N) is 2. The van der Waals surface area contributed by atoms with Crippen LogP contribution >= 0.6 is 23.1 Å². The first kappa shape index (κ1) is 15.6. The normalized spacial score (nSPS) is 11.3. The van der Waals surface area contributed by atoms with Crippen molar-refractivity contribution < 1.29 is 9.90 Å². The van der Waals surface area contributed by atoms with Gasteiger partial charge in [0.05, 0.1) is 0 Å². The van der Waals surface area contributed by atoms with Crippen molar-refractivity contribution >= 4 is 35.1 Å². The number of carbonyl (C=O) groups is 1. The number of aromatic nitrogens is 3. The molecular weight excluding hydrogens is 310 g/mol. The third-order valence-corrected chi connectivity index (χ3v) is 4.81. The Morgan fingerprint density at radius 1 is 1.62 bits per heavy atom. The van der Waals surface area contributed by atoms with Crippen LogP contribution in [-0.4, -0.2) is 25.8 Å². The maximum absolute atomic E-state index is 11.6. The van der Waals surface area contributed by atoms with E-state index in [1.165, 1.54) is 11.8 Å². The number of nitrogens with one attached hydrogen (secondary N) is 1. The lowest BCUT2D eigenvalue weighted by molar-refractivity contribution is -0.131. The number of rotatable bonds is 7. The molecule has 2 rings (SSSR count). The Labute approximate surface area is 129 Å². The smallest absolute Gasteiger partial charge is 0.343 e. The van der Waals surface area contributed by atoms with Gasteiger partial charge in [-0.3, -0.25) is 4.57 Å². The van der Waals surface area contributed by atoms with Gasteiger partial charge in [0, 0.05) is 23.3 Å². The van der Waals surface area contributed by atoms with E-state index in [0.29, 0.717) is 17.5 Å². The van der Waals surface area contributed by atoms with Gasteiger partial charge >= 0.3 is 11.7 Å². The Kier molecular flexibility index (Phi) is 5.40. The van der Waals surface area contributed by atoms with Crippen LogP contribution in [0.3, 0.4) is 0 Å². The zero-order chi connectivity index (χ0) is 15.2. The largest absolute Gasteiger partial charge is 0.478 e. The molecule has 0 bridgehead atoms. The fraction of sp³-hybridized carbons (Fsp3) is 0.308. The van der Waals surface area contributed by atoms with Crippen LogP contribution in [0.5, 0.6) is 0 Å². The summed E-state index contributed by atoms with van der Waals surface area (Å²) in [6, 6.07) is 1.88. The van der Waals surface area contributed by atoms with E-state index in [2.05, 4.69) is 10.2 Å². The molecular formula is C13H15N3O3S2. The number of H-pyrrole nitrogens is 1. The molecule has 0 aromatic carbocycles. The number of carboxylic acid groups (broad SMARTS) is 1. The van der Waals surface area contributed by atoms with Crippen LogP contribution in [0, 0.1) is 0 Å². The second kappa shape index (κ2) is 7.28. The summed E-state index contributed by atoms with van der Waals surface area (Å²) in [5, 5.41) is 17.7. The van der Waals surface area contributed by atoms with Crippen molar-refractivity contribution in [2.45, 2.75) is 30.8 Å². The number of hydrogen-bond donors (Lipinski definition) is 2. The SMILES string of the molecule is CCCn1c(SCc2sccc2C=CC(=O)O)n[nH]c1=O. The Morgan fingerprint density at radius 2 is 2.43 bits per heavy atom. The Hall–Kier alpha value is -1.80. The Balaban J connectivity index is 2.09. The third kappa shape index (κ3) is 4.08. The molecule has 6 nitrogen and oxygen atoms in total. The van der Waals surface area contributed by atoms with Gasteiger partial charge in [0.25, 0.3) is 0 Å². The molecule has 2 N–H and O–H groups in total. The van der Waals surface area contributed by atoms with Crippen LogP contribution in [0.2, 0.25) is 0 Å². The van der Waals surface area contributed by atoms with E-state index >= 15 is 0 Å². The standard InChI is InChI=1S/C13H15N3O3S2/c1-2-6-16-12(19)14-15-13(16)21-8-10-9(5-7-20-10)3-4-11(17)18/h3-5,7H,2,6,8H2,1H3,(H,14,19)(H,17,18). The van der Waals surface area contributed by atoms with Gasteiger partial charge in [0.1, 0.15) is 0 Å². The molecule has 0 fully saturated rings. The maximum Gasteiger partial charge on any atom is 0.343 e. The molecule has 0 radical (unpaired) electrons. The van der Waals surface area contributed by atoms with E-state index in [1.807, 2.05) is 18.4 Å². The highest BCUT2D eigenvalue weighted by molar-refractivity contribution is 7.98. The summed E-state index contributed by atoms with van der Waals surface area (Å²) >= 11 is 3.02. The summed E-state index contributed by atoms with van der Waals surface area (Å²) in [4.78, 5) is 23.2. The predicted octanol–water partition coefficient (Wildman–Crippen LogP) is 2.43. The molecule has 2 aromatic heterocycles. The van der Waals surface area contributed by atoms with Crippen molar-refractivity contribution in [1.29, 1.82) is 0 Å². The monoisotopic (exact) mass is 325 g/mol. The summed E-state index contributed by atoms with van der Waals surface area (Å²) < 4.78 is 1.62. The van der Waals surface area contributed by atoms with Gasteiger partial charge in [-0.25, -0.2) is 14.7 Å². The Bertz CT molecular complexity index is 700. The quantitative estimate of drug-likeness (QED) is 0.603. The lowest BCUT2D eigenvalue weighted by Crippen LogP contribution is -2.17. The highest BCUT2D eigenvalue weighted by Crippen LogP contribution is 2.27. The van der Waals surface area contributed by atoms with Crippen LogP contribution < -0.4 is 5.69 Å². The molecule has 112 valence electrons. The van der Waals surface area contributed by atoms with Crippen molar-refractivity contribution in [3.05, 3.63) is 38.4 Å². The van der Waals surface area contributed by atoms with Gasteiger partial charge in [-0.05, 0) is 29.5 Å². The maximum atomic E-state index is 11.6. The molecule has 0 saturated heterocycles. The highest BCUT2D eigenvalue weighted by Gasteiger charge is 2.10. The number of carboxylic acids is 1. The molecule has 0 aliphatic heterocycles. The number of thiophene rings is 1. The fourth-order valence-corrected chi connectivity index (χ4v) is 3.71. The van der Waals surface area contributed by atoms with E-state index in [4.69, 9.17) is 5.11 Å². The third-order valence-electron chi connectivity index (χ3n) is 2.69. The van der Waals surface area contributed by atoms with Crippen molar-refractivity contribution in [3.8, 4) is 0 Å². The minimum absolute atomic E-state index is 0.198. The first-order valence-corrected chi connectivity index (χ1v) is 8.23. The molecule has 0 aliphatic carbocycles. The fourth-order valence-electron chi connectivity index (χ4n) is 1.74. The second-order valence-electron chi connectivity index (χ2n) is 4.22. The minimum atomic E-state index is -0.969. The van der Waals surface area contributed by atoms with E-state index in [0.717, 1.165) is 22.9 Å². The topological polar surface area (TPSA) is 88.0 Å². The van der Waals surface area contributed by atoms with Gasteiger partial charge in [0.2, 0.25) is 0 Å². The molecule has 0 atom stereocenters. The molecule has 8 heteroatoms. The summed E-state index contributed by atoms with van der Waals surface area (Å²) in [6.07, 6.45) is 3.56. The molecule has 0 saturated carbocycles. The van der Waals surface area contributed by atoms with Crippen LogP contribution in [0.15, 0.2) is 27.5 Å². The van der Waals surface area contributed by atoms with Crippen LogP contribution in [0.25, 0.3) is 6.08 Å². The lowest BCUT2D eigenvalue weighted by atomic mass is 10.2. The predicted molar refractivity (Wildman–Crippen MR) is 83.7 cm³/mol. The van der Waals surface area contributed by atoms with Crippen molar-refractivity contribution in [3.63, 3.8) is 0 Å². The first-order chi connectivity index (χ1) is 10.1. The zero-order valence-corrected chi connectivity index (χ0v) is 13.0. The lowest BCUT2D eigenvalue weighted by Gasteiger charge is -2.03. The highest BCUT2D eigenvalue weighted by atomic mass is 32.2. The van der Waals surface area contributed by atoms with E-state index in [9.17, 15) is 9.59 Å². The summed E-state index contributed by atoms with van der Waals surface area (Å²) in [5.74, 6) is -0.325. The Morgan fingerprint density at radius 3 is 3.14 bits per heavy atom. The average molecular weight is 325 g/mol. The van der Waals surface area contributed by atoms with Gasteiger partial charge in [0.15, 0.2) is 5.16 Å². The van der Waals surface area contributed by atoms with Gasteiger partial charge in [-0.15, -0.1) is 16.4 Å². The van der Waals surface area contributed by atoms with Gasteiger partial charge < -0.3 is 5.11 Å². The van der Waals surface area contributed by atoms with Gasteiger partial charge in [-0.2, -0.15) is 0 Å². The van der Waals surface area contributed by atoms with Crippen LogP contribution in [0.1, 0.15) is 23.8 Å². The van der Waals surface area contributed by atoms with E-state index in [1.54, 1.807) is 22.0 Å². The molecule has 0 amide bonds. The van der Waals surface area contributed by atoms with Crippen molar-refractivity contribution in [1.82, 2.24) is 14.8 Å². The summed E-state index contributed by atoms with van der Waals surface area (Å²) in [6.45, 7) is 2.63. The molecule has 21 heavy (non-hydrogen) atoms. The zero-order valence-electron chi connectivity index (χ0n) is 11.4. The summed E-state index contributed by atoms with van der Waals surface area (Å²) in [7, 11) is 0. The molecule has 2 aromatic rings. The average Bonchev–Trinajstić information content (AvgIpc) is 3.03. The number of hydrogen-bond acceptors (Lipinski definition) is 5. The minimum Gasteiger partial charge on any atom is -0.478 e. The van der Waals surface area contributed by atoms with Gasteiger partial charge in [-0.1, -0.05) is 18.7 Å². The number of aliphatic carboxylic acids is 1. The number of thioether (sulfide) groups is 1. The van der Waals surface area contributed by atoms with Crippen LogP contribution in [0.4, 0.5) is 0 Å². The number of aromatic amines is 1. The molecule has 0 unspecified atom stereocenters. The molecule has 0 spiro atoms. The summed E-state index contributed by atoms with van der Waals surface area (Å²) in [5.41, 5.74) is 0.686. The van der Waals surface area contributed by atoms with Crippen molar-refractivity contribution in [2.24, 2.45) is 0 Å². The first-order valence-electron chi connectivity index (χ1n) is 6.37. The van der Waals surface area contributed by atoms with Crippen LogP contribution in [-0.2, 0) is 17.1 Å². The molecule has 2 heterocycles. The van der Waals surface area contributed by atoms with E-state index < -0.39 is 5.97 Å². The molecule has 0 aliphatic rings. The van der Waals surface area contributed by atoms with E-state index in [-0.39, 0.29) is 5.69 Å².